The molecule has 0 radical (unpaired) electrons. The van der Waals surface area contributed by atoms with E-state index in [9.17, 15) is 4.79 Å². The van der Waals surface area contributed by atoms with Crippen LogP contribution >= 0.6 is 24.2 Å². The van der Waals surface area contributed by atoms with E-state index in [1.807, 2.05) is 6.26 Å². The number of nitrogens with one attached hydrogen (secondary N) is 1. The molecule has 1 rings (SSSR count). The third-order valence-corrected chi connectivity index (χ3v) is 4.18. The van der Waals surface area contributed by atoms with Crippen LogP contribution in [-0.2, 0) is 4.79 Å². The molecule has 3 nitrogen and oxygen atoms in total. The van der Waals surface area contributed by atoms with Crippen molar-refractivity contribution in [2.75, 3.05) is 18.6 Å². The molecule has 3 N–H and O–H groups in total. The largest absolute Gasteiger partial charge is 0.355 e. The molecule has 1 fully saturated rings. The highest BCUT2D eigenvalue weighted by molar-refractivity contribution is 7.98. The number of carbonyl (C=O) groups excluding carboxylic acids is 1. The average Bonchev–Trinajstić information content (AvgIpc) is 2.84. The molecule has 1 saturated carbocycles. The Balaban J connectivity index is 0.00000289. The Morgan fingerprint density at radius 2 is 2.11 bits per heavy atom. The zero-order valence-corrected chi connectivity index (χ0v) is 13.0. The molecular formula is C13H27ClN2OS. The van der Waals surface area contributed by atoms with E-state index in [1.165, 1.54) is 32.1 Å². The summed E-state index contributed by atoms with van der Waals surface area (Å²) < 4.78 is 0. The van der Waals surface area contributed by atoms with Crippen LogP contribution in [0.5, 0.6) is 0 Å². The van der Waals surface area contributed by atoms with Crippen LogP contribution < -0.4 is 11.1 Å². The molecule has 0 aromatic rings. The first-order chi connectivity index (χ1) is 8.24. The van der Waals surface area contributed by atoms with Crippen molar-refractivity contribution >= 4 is 30.1 Å². The standard InChI is InChI=1S/C13H26N2OS.ClH/c1-17-10-8-12(14)13(16)15-9-4-7-11-5-2-3-6-11;/h11-12H,2-10,14H2,1H3,(H,15,16);1H/t12-;/m0./s1. The quantitative estimate of drug-likeness (QED) is 0.677. The van der Waals surface area contributed by atoms with Gasteiger partial charge in [0.1, 0.15) is 0 Å². The van der Waals surface area contributed by atoms with Crippen molar-refractivity contribution in [3.05, 3.63) is 0 Å². The Kier molecular flexibility index (Phi) is 11.0. The van der Waals surface area contributed by atoms with Gasteiger partial charge in [-0.25, -0.2) is 0 Å². The first kappa shape index (κ1) is 18.1. The fourth-order valence-electron chi connectivity index (χ4n) is 2.41. The van der Waals surface area contributed by atoms with Gasteiger partial charge in [-0.1, -0.05) is 25.7 Å². The summed E-state index contributed by atoms with van der Waals surface area (Å²) in [5, 5.41) is 2.94. The zero-order valence-electron chi connectivity index (χ0n) is 11.3. The summed E-state index contributed by atoms with van der Waals surface area (Å²) >= 11 is 1.73. The van der Waals surface area contributed by atoms with Gasteiger partial charge in [-0.05, 0) is 37.2 Å². The highest BCUT2D eigenvalue weighted by Gasteiger charge is 2.15. The van der Waals surface area contributed by atoms with Gasteiger partial charge >= 0.3 is 0 Å². The summed E-state index contributed by atoms with van der Waals surface area (Å²) in [4.78, 5) is 11.6. The normalized spacial score (nSPS) is 17.2. The Morgan fingerprint density at radius 1 is 1.44 bits per heavy atom. The van der Waals surface area contributed by atoms with Crippen LogP contribution in [0.3, 0.4) is 0 Å². The Morgan fingerprint density at radius 3 is 2.72 bits per heavy atom. The van der Waals surface area contributed by atoms with Crippen LogP contribution in [0.1, 0.15) is 44.9 Å². The minimum Gasteiger partial charge on any atom is -0.355 e. The first-order valence-corrected chi connectivity index (χ1v) is 8.15. The van der Waals surface area contributed by atoms with Crippen molar-refractivity contribution in [1.29, 1.82) is 0 Å². The molecule has 0 aromatic heterocycles. The average molecular weight is 295 g/mol. The summed E-state index contributed by atoms with van der Waals surface area (Å²) in [6.07, 6.45) is 10.8. The molecule has 0 heterocycles. The molecule has 1 amide bonds. The van der Waals surface area contributed by atoms with E-state index in [-0.39, 0.29) is 24.4 Å². The summed E-state index contributed by atoms with van der Waals surface area (Å²) in [6.45, 7) is 0.794. The van der Waals surface area contributed by atoms with Gasteiger partial charge < -0.3 is 11.1 Å². The molecule has 1 atom stereocenters. The van der Waals surface area contributed by atoms with E-state index in [1.54, 1.807) is 11.8 Å². The maximum absolute atomic E-state index is 11.6. The van der Waals surface area contributed by atoms with Crippen LogP contribution in [0.2, 0.25) is 0 Å². The Hall–Kier alpha value is 0.0700. The second-order valence-electron chi connectivity index (χ2n) is 4.97. The fourth-order valence-corrected chi connectivity index (χ4v) is 2.90. The molecule has 0 spiro atoms. The minimum absolute atomic E-state index is 0. The molecule has 0 aliphatic heterocycles. The monoisotopic (exact) mass is 294 g/mol. The smallest absolute Gasteiger partial charge is 0.236 e. The van der Waals surface area contributed by atoms with E-state index in [0.717, 1.165) is 31.1 Å². The predicted molar refractivity (Wildman–Crippen MR) is 82.4 cm³/mol. The van der Waals surface area contributed by atoms with Crippen molar-refractivity contribution < 1.29 is 4.79 Å². The lowest BCUT2D eigenvalue weighted by Gasteiger charge is -2.12. The zero-order chi connectivity index (χ0) is 12.5. The first-order valence-electron chi connectivity index (χ1n) is 6.76. The molecule has 108 valence electrons. The molecule has 1 aliphatic carbocycles. The van der Waals surface area contributed by atoms with Gasteiger partial charge in [0.2, 0.25) is 5.91 Å². The van der Waals surface area contributed by atoms with Gasteiger partial charge in [0, 0.05) is 6.54 Å². The maximum atomic E-state index is 11.6. The molecule has 0 bridgehead atoms. The number of nitrogens with two attached hydrogens (primary N) is 1. The Labute approximate surface area is 121 Å². The lowest BCUT2D eigenvalue weighted by molar-refractivity contribution is -0.122. The predicted octanol–water partition coefficient (Wildman–Crippen LogP) is 2.58. The van der Waals surface area contributed by atoms with Gasteiger partial charge in [0.05, 0.1) is 6.04 Å². The topological polar surface area (TPSA) is 55.1 Å². The fraction of sp³-hybridized carbons (Fsp3) is 0.923. The SMILES string of the molecule is CSCC[C@H](N)C(=O)NCCCC1CCCC1.Cl. The van der Waals surface area contributed by atoms with E-state index in [2.05, 4.69) is 5.32 Å². The van der Waals surface area contributed by atoms with Crippen molar-refractivity contribution in [2.24, 2.45) is 11.7 Å². The molecule has 1 aliphatic rings. The summed E-state index contributed by atoms with van der Waals surface area (Å²) in [5.41, 5.74) is 5.78. The highest BCUT2D eigenvalue weighted by Crippen LogP contribution is 2.28. The third-order valence-electron chi connectivity index (χ3n) is 3.53. The molecule has 0 saturated heterocycles. The van der Waals surface area contributed by atoms with Crippen molar-refractivity contribution in [1.82, 2.24) is 5.32 Å². The summed E-state index contributed by atoms with van der Waals surface area (Å²) in [5.74, 6) is 1.89. The number of rotatable bonds is 8. The number of carbonyl (C=O) groups is 1. The van der Waals surface area contributed by atoms with E-state index in [0.29, 0.717) is 0 Å². The summed E-state index contributed by atoms with van der Waals surface area (Å²) in [7, 11) is 0. The summed E-state index contributed by atoms with van der Waals surface area (Å²) in [6, 6.07) is -0.325. The van der Waals surface area contributed by atoms with Crippen LogP contribution in [0.25, 0.3) is 0 Å². The number of hydrogen-bond acceptors (Lipinski definition) is 3. The molecule has 5 heteroatoms. The second-order valence-corrected chi connectivity index (χ2v) is 5.96. The number of thioether (sulfide) groups is 1. The lowest BCUT2D eigenvalue weighted by atomic mass is 10.0. The van der Waals surface area contributed by atoms with Crippen LogP contribution in [0.15, 0.2) is 0 Å². The molecular weight excluding hydrogens is 268 g/mol. The molecule has 0 aromatic carbocycles. The number of hydrogen-bond donors (Lipinski definition) is 2. The van der Waals surface area contributed by atoms with Crippen molar-refractivity contribution in [3.63, 3.8) is 0 Å². The van der Waals surface area contributed by atoms with Gasteiger partial charge in [0.25, 0.3) is 0 Å². The van der Waals surface area contributed by atoms with Gasteiger partial charge in [-0.3, -0.25) is 4.79 Å². The van der Waals surface area contributed by atoms with Crippen molar-refractivity contribution in [3.8, 4) is 0 Å². The minimum atomic E-state index is -0.325. The van der Waals surface area contributed by atoms with Crippen molar-refractivity contribution in [2.45, 2.75) is 51.0 Å². The lowest BCUT2D eigenvalue weighted by Crippen LogP contribution is -2.41. The van der Waals surface area contributed by atoms with Crippen LogP contribution in [-0.4, -0.2) is 30.5 Å². The van der Waals surface area contributed by atoms with E-state index >= 15 is 0 Å². The third kappa shape index (κ3) is 7.49. The van der Waals surface area contributed by atoms with Crippen LogP contribution in [0, 0.1) is 5.92 Å². The number of halogens is 1. The highest BCUT2D eigenvalue weighted by atomic mass is 35.5. The van der Waals surface area contributed by atoms with Gasteiger partial charge in [0.15, 0.2) is 0 Å². The van der Waals surface area contributed by atoms with Crippen LogP contribution in [0.4, 0.5) is 0 Å². The van der Waals surface area contributed by atoms with Gasteiger partial charge in [-0.15, -0.1) is 12.4 Å². The number of amides is 1. The van der Waals surface area contributed by atoms with E-state index < -0.39 is 0 Å². The Bertz CT molecular complexity index is 223. The van der Waals surface area contributed by atoms with E-state index in [4.69, 9.17) is 5.73 Å². The van der Waals surface area contributed by atoms with Gasteiger partial charge in [-0.2, -0.15) is 11.8 Å². The second kappa shape index (κ2) is 10.9. The molecule has 0 unspecified atom stereocenters. The maximum Gasteiger partial charge on any atom is 0.236 e. The molecule has 18 heavy (non-hydrogen) atoms.